The molecule has 0 aliphatic heterocycles. The molecule has 0 aromatic heterocycles. The molecule has 0 fully saturated rings. The minimum atomic E-state index is -3.61. The zero-order chi connectivity index (χ0) is 13.1. The second-order valence-electron chi connectivity index (χ2n) is 3.69. The zero-order valence-electron chi connectivity index (χ0n) is 9.86. The number of nitrogens with one attached hydrogen (secondary N) is 1. The molecule has 0 radical (unpaired) electrons. The molecule has 3 N–H and O–H groups in total. The number of ether oxygens (including phenoxy) is 1. The summed E-state index contributed by atoms with van der Waals surface area (Å²) in [5, 5.41) is 0. The van der Waals surface area contributed by atoms with E-state index in [-0.39, 0.29) is 17.2 Å². The number of methoxy groups -OCH3 is 1. The second kappa shape index (κ2) is 5.20. The molecule has 0 saturated heterocycles. The van der Waals surface area contributed by atoms with Crippen molar-refractivity contribution in [2.75, 3.05) is 19.4 Å². The van der Waals surface area contributed by atoms with E-state index in [9.17, 15) is 8.42 Å². The maximum atomic E-state index is 12.0. The van der Waals surface area contributed by atoms with Crippen LogP contribution in [0.2, 0.25) is 0 Å². The molecule has 0 aliphatic carbocycles. The fourth-order valence-electron chi connectivity index (χ4n) is 1.20. The zero-order valence-corrected chi connectivity index (χ0v) is 10.7. The summed E-state index contributed by atoms with van der Waals surface area (Å²) in [7, 11) is -2.21. The molecule has 0 unspecified atom stereocenters. The number of benzene rings is 1. The average Bonchev–Trinajstić information content (AvgIpc) is 2.26. The third kappa shape index (κ3) is 3.47. The quantitative estimate of drug-likeness (QED) is 0.611. The smallest absolute Gasteiger partial charge is 0.244 e. The van der Waals surface area contributed by atoms with Gasteiger partial charge in [0.2, 0.25) is 10.0 Å². The Labute approximate surface area is 101 Å². The van der Waals surface area contributed by atoms with Crippen molar-refractivity contribution < 1.29 is 13.2 Å². The lowest BCUT2D eigenvalue weighted by molar-refractivity contribution is 0.402. The molecular weight excluding hydrogens is 240 g/mol. The van der Waals surface area contributed by atoms with Crippen LogP contribution in [0.15, 0.2) is 35.2 Å². The highest BCUT2D eigenvalue weighted by Gasteiger charge is 2.18. The lowest BCUT2D eigenvalue weighted by Crippen LogP contribution is -2.25. The van der Waals surface area contributed by atoms with Crippen LogP contribution in [0.3, 0.4) is 0 Å². The van der Waals surface area contributed by atoms with Crippen molar-refractivity contribution in [3.8, 4) is 5.75 Å². The van der Waals surface area contributed by atoms with Crippen molar-refractivity contribution in [2.45, 2.75) is 11.8 Å². The Bertz CT molecular complexity index is 524. The van der Waals surface area contributed by atoms with Crippen LogP contribution in [0.4, 0.5) is 5.69 Å². The molecule has 1 aromatic rings. The Morgan fingerprint density at radius 2 is 2.18 bits per heavy atom. The molecule has 0 heterocycles. The van der Waals surface area contributed by atoms with Crippen LogP contribution in [0.25, 0.3) is 0 Å². The second-order valence-corrected chi connectivity index (χ2v) is 5.43. The van der Waals surface area contributed by atoms with Gasteiger partial charge in [-0.3, -0.25) is 0 Å². The van der Waals surface area contributed by atoms with E-state index in [0.29, 0.717) is 5.69 Å². The maximum Gasteiger partial charge on any atom is 0.244 e. The number of rotatable bonds is 5. The van der Waals surface area contributed by atoms with Gasteiger partial charge in [0.05, 0.1) is 7.11 Å². The molecule has 0 bridgehead atoms. The molecule has 5 nitrogen and oxygen atoms in total. The van der Waals surface area contributed by atoms with E-state index < -0.39 is 10.0 Å². The van der Waals surface area contributed by atoms with Gasteiger partial charge in [0.1, 0.15) is 10.6 Å². The molecule has 0 atom stereocenters. The predicted molar refractivity (Wildman–Crippen MR) is 67.4 cm³/mol. The monoisotopic (exact) mass is 256 g/mol. The van der Waals surface area contributed by atoms with Gasteiger partial charge in [-0.15, -0.1) is 0 Å². The molecule has 17 heavy (non-hydrogen) atoms. The first-order valence-electron chi connectivity index (χ1n) is 4.94. The van der Waals surface area contributed by atoms with Crippen LogP contribution in [-0.4, -0.2) is 22.1 Å². The third-order valence-corrected chi connectivity index (χ3v) is 3.48. The van der Waals surface area contributed by atoms with E-state index in [1.54, 1.807) is 6.92 Å². The summed E-state index contributed by atoms with van der Waals surface area (Å²) in [4.78, 5) is 0.0652. The van der Waals surface area contributed by atoms with Crippen LogP contribution in [0, 0.1) is 0 Å². The maximum absolute atomic E-state index is 12.0. The molecule has 0 saturated carbocycles. The lowest BCUT2D eigenvalue weighted by atomic mass is 10.3. The van der Waals surface area contributed by atoms with Gasteiger partial charge in [0, 0.05) is 18.3 Å². The number of hydrogen-bond acceptors (Lipinski definition) is 4. The number of sulfonamides is 1. The van der Waals surface area contributed by atoms with Crippen molar-refractivity contribution in [1.82, 2.24) is 4.72 Å². The summed E-state index contributed by atoms with van der Waals surface area (Å²) in [6, 6.07) is 4.39. The first-order valence-corrected chi connectivity index (χ1v) is 6.42. The Morgan fingerprint density at radius 3 is 2.71 bits per heavy atom. The van der Waals surface area contributed by atoms with E-state index in [0.717, 1.165) is 5.57 Å². The highest BCUT2D eigenvalue weighted by Crippen LogP contribution is 2.25. The molecule has 0 aliphatic rings. The summed E-state index contributed by atoms with van der Waals surface area (Å²) in [5.41, 5.74) is 6.73. The van der Waals surface area contributed by atoms with Crippen LogP contribution in [-0.2, 0) is 10.0 Å². The highest BCUT2D eigenvalue weighted by atomic mass is 32.2. The first kappa shape index (κ1) is 13.5. The van der Waals surface area contributed by atoms with Crippen molar-refractivity contribution in [3.63, 3.8) is 0 Å². The van der Waals surface area contributed by atoms with Gasteiger partial charge in [0.15, 0.2) is 0 Å². The van der Waals surface area contributed by atoms with E-state index in [1.165, 1.54) is 25.3 Å². The van der Waals surface area contributed by atoms with E-state index >= 15 is 0 Å². The van der Waals surface area contributed by atoms with E-state index in [2.05, 4.69) is 11.3 Å². The van der Waals surface area contributed by atoms with E-state index in [1.807, 2.05) is 0 Å². The largest absolute Gasteiger partial charge is 0.495 e. The number of anilines is 1. The van der Waals surface area contributed by atoms with Crippen LogP contribution in [0.1, 0.15) is 6.92 Å². The Kier molecular flexibility index (Phi) is 4.14. The van der Waals surface area contributed by atoms with Crippen molar-refractivity contribution >= 4 is 15.7 Å². The molecule has 0 amide bonds. The van der Waals surface area contributed by atoms with E-state index in [4.69, 9.17) is 10.5 Å². The Hall–Kier alpha value is -1.53. The molecule has 6 heteroatoms. The molecule has 94 valence electrons. The summed E-state index contributed by atoms with van der Waals surface area (Å²) < 4.78 is 31.3. The van der Waals surface area contributed by atoms with Gasteiger partial charge in [-0.25, -0.2) is 13.1 Å². The topological polar surface area (TPSA) is 81.4 Å². The third-order valence-electron chi connectivity index (χ3n) is 2.04. The van der Waals surface area contributed by atoms with Gasteiger partial charge in [0.25, 0.3) is 0 Å². The van der Waals surface area contributed by atoms with Gasteiger partial charge >= 0.3 is 0 Å². The minimum absolute atomic E-state index is 0.0652. The summed E-state index contributed by atoms with van der Waals surface area (Å²) >= 11 is 0. The van der Waals surface area contributed by atoms with Gasteiger partial charge in [-0.1, -0.05) is 12.2 Å². The molecule has 1 rings (SSSR count). The molecule has 0 spiro atoms. The standard InChI is InChI=1S/C11H16N2O3S/c1-8(2)7-13-17(14,15)11-5-4-9(12)6-10(11)16-3/h4-6,13H,1,7,12H2,2-3H3. The lowest BCUT2D eigenvalue weighted by Gasteiger charge is -2.11. The average molecular weight is 256 g/mol. The Balaban J connectivity index is 3.10. The number of hydrogen-bond donors (Lipinski definition) is 2. The van der Waals surface area contributed by atoms with Crippen LogP contribution < -0.4 is 15.2 Å². The fourth-order valence-corrected chi connectivity index (χ4v) is 2.45. The van der Waals surface area contributed by atoms with Crippen LogP contribution in [0.5, 0.6) is 5.75 Å². The predicted octanol–water partition coefficient (Wildman–Crippen LogP) is 1.13. The van der Waals surface area contributed by atoms with Gasteiger partial charge < -0.3 is 10.5 Å². The van der Waals surface area contributed by atoms with Crippen LogP contribution >= 0.6 is 0 Å². The summed E-state index contributed by atoms with van der Waals surface area (Å²) in [5.74, 6) is 0.221. The first-order chi connectivity index (χ1) is 7.86. The van der Waals surface area contributed by atoms with Gasteiger partial charge in [-0.05, 0) is 19.1 Å². The van der Waals surface area contributed by atoms with Gasteiger partial charge in [-0.2, -0.15) is 0 Å². The normalized spacial score (nSPS) is 11.2. The molecular formula is C11H16N2O3S. The number of nitrogen functional groups attached to an aromatic ring is 1. The van der Waals surface area contributed by atoms with Crippen molar-refractivity contribution in [1.29, 1.82) is 0 Å². The highest BCUT2D eigenvalue weighted by molar-refractivity contribution is 7.89. The van der Waals surface area contributed by atoms with Crippen molar-refractivity contribution in [2.24, 2.45) is 0 Å². The Morgan fingerprint density at radius 1 is 1.53 bits per heavy atom. The number of nitrogens with two attached hydrogens (primary N) is 1. The van der Waals surface area contributed by atoms with Crippen molar-refractivity contribution in [3.05, 3.63) is 30.4 Å². The minimum Gasteiger partial charge on any atom is -0.495 e. The molecule has 1 aromatic carbocycles. The SMILES string of the molecule is C=C(C)CNS(=O)(=O)c1ccc(N)cc1OC. The summed E-state index contributed by atoms with van der Waals surface area (Å²) in [6.45, 7) is 5.56. The summed E-state index contributed by atoms with van der Waals surface area (Å²) in [6.07, 6.45) is 0. The fraction of sp³-hybridized carbons (Fsp3) is 0.273.